The van der Waals surface area contributed by atoms with Crippen molar-refractivity contribution in [3.05, 3.63) is 65.2 Å². The van der Waals surface area contributed by atoms with Crippen LogP contribution in [0.25, 0.3) is 0 Å². The fourth-order valence-corrected chi connectivity index (χ4v) is 2.06. The molecular weight excluding hydrogens is 267 g/mol. The van der Waals surface area contributed by atoms with Gasteiger partial charge in [-0.3, -0.25) is 0 Å². The minimum Gasteiger partial charge on any atom is -0.486 e. The third-order valence-electron chi connectivity index (χ3n) is 2.63. The Morgan fingerprint density at radius 1 is 0.944 bits per heavy atom. The number of hydrogen-bond acceptors (Lipinski definition) is 1. The van der Waals surface area contributed by atoms with E-state index in [0.29, 0.717) is 5.88 Å². The molecule has 0 saturated heterocycles. The van der Waals surface area contributed by atoms with Crippen molar-refractivity contribution < 1.29 is 4.74 Å². The van der Waals surface area contributed by atoms with Crippen LogP contribution in [0.3, 0.4) is 0 Å². The zero-order valence-electron chi connectivity index (χ0n) is 9.85. The molecule has 3 heteroatoms. The molecule has 0 aliphatic rings. The number of benzene rings is 2. The molecule has 0 saturated carbocycles. The third-order valence-corrected chi connectivity index (χ3v) is 3.10. The van der Waals surface area contributed by atoms with E-state index in [1.54, 1.807) is 0 Å². The van der Waals surface area contributed by atoms with Crippen molar-refractivity contribution in [2.24, 2.45) is 0 Å². The summed E-state index contributed by atoms with van der Waals surface area (Å²) in [5, 5.41) is 0.725. The van der Waals surface area contributed by atoms with Crippen molar-refractivity contribution in [1.29, 1.82) is 0 Å². The first-order chi connectivity index (χ1) is 8.79. The van der Waals surface area contributed by atoms with E-state index in [2.05, 4.69) is 0 Å². The lowest BCUT2D eigenvalue weighted by Gasteiger charge is -2.18. The molecule has 0 heterocycles. The minimum atomic E-state index is -0.0397. The van der Waals surface area contributed by atoms with Gasteiger partial charge in [0.25, 0.3) is 0 Å². The molecule has 0 aliphatic heterocycles. The molecular formula is C15H14Cl2O. The SMILES string of the molecule is ClCCC(Oc1ccccc1)c1ccc(Cl)cc1. The van der Waals surface area contributed by atoms with Crippen molar-refractivity contribution in [3.63, 3.8) is 0 Å². The fraction of sp³-hybridized carbons (Fsp3) is 0.200. The zero-order chi connectivity index (χ0) is 12.8. The summed E-state index contributed by atoms with van der Waals surface area (Å²) in [4.78, 5) is 0. The maximum absolute atomic E-state index is 5.95. The second-order valence-electron chi connectivity index (χ2n) is 3.95. The summed E-state index contributed by atoms with van der Waals surface area (Å²) in [5.74, 6) is 1.41. The highest BCUT2D eigenvalue weighted by Crippen LogP contribution is 2.26. The van der Waals surface area contributed by atoms with Gasteiger partial charge in [-0.2, -0.15) is 0 Å². The molecule has 0 fully saturated rings. The highest BCUT2D eigenvalue weighted by molar-refractivity contribution is 6.30. The highest BCUT2D eigenvalue weighted by Gasteiger charge is 2.12. The monoisotopic (exact) mass is 280 g/mol. The molecule has 0 spiro atoms. The van der Waals surface area contributed by atoms with Gasteiger partial charge in [0.1, 0.15) is 11.9 Å². The molecule has 18 heavy (non-hydrogen) atoms. The Morgan fingerprint density at radius 2 is 1.61 bits per heavy atom. The van der Waals surface area contributed by atoms with E-state index in [1.807, 2.05) is 54.6 Å². The van der Waals surface area contributed by atoms with Gasteiger partial charge in [-0.15, -0.1) is 11.6 Å². The first-order valence-electron chi connectivity index (χ1n) is 5.83. The average molecular weight is 281 g/mol. The van der Waals surface area contributed by atoms with Gasteiger partial charge in [-0.1, -0.05) is 41.9 Å². The number of rotatable bonds is 5. The number of para-hydroxylation sites is 1. The molecule has 1 unspecified atom stereocenters. The first kappa shape index (κ1) is 13.3. The Labute approximate surface area is 117 Å². The van der Waals surface area contributed by atoms with Crippen LogP contribution in [0.2, 0.25) is 5.02 Å². The van der Waals surface area contributed by atoms with E-state index >= 15 is 0 Å². The Kier molecular flexibility index (Phi) is 4.91. The second-order valence-corrected chi connectivity index (χ2v) is 4.76. The Bertz CT molecular complexity index is 468. The van der Waals surface area contributed by atoms with Crippen LogP contribution < -0.4 is 4.74 Å². The molecule has 0 radical (unpaired) electrons. The molecule has 2 rings (SSSR count). The van der Waals surface area contributed by atoms with Crippen LogP contribution in [-0.4, -0.2) is 5.88 Å². The average Bonchev–Trinajstić information content (AvgIpc) is 2.40. The first-order valence-corrected chi connectivity index (χ1v) is 6.74. The normalized spacial score (nSPS) is 12.1. The van der Waals surface area contributed by atoms with Crippen molar-refractivity contribution in [1.82, 2.24) is 0 Å². The van der Waals surface area contributed by atoms with Crippen LogP contribution in [0.15, 0.2) is 54.6 Å². The maximum Gasteiger partial charge on any atom is 0.125 e. The number of hydrogen-bond donors (Lipinski definition) is 0. The summed E-state index contributed by atoms with van der Waals surface area (Å²) < 4.78 is 5.95. The van der Waals surface area contributed by atoms with Crippen LogP contribution in [0.5, 0.6) is 5.75 Å². The van der Waals surface area contributed by atoms with Crippen LogP contribution in [0.1, 0.15) is 18.1 Å². The van der Waals surface area contributed by atoms with Gasteiger partial charge in [-0.05, 0) is 29.8 Å². The molecule has 0 N–H and O–H groups in total. The summed E-state index contributed by atoms with van der Waals surface area (Å²) >= 11 is 11.7. The molecule has 2 aromatic rings. The minimum absolute atomic E-state index is 0.0397. The van der Waals surface area contributed by atoms with Gasteiger partial charge in [0.05, 0.1) is 0 Å². The van der Waals surface area contributed by atoms with Gasteiger partial charge in [0.2, 0.25) is 0 Å². The van der Waals surface area contributed by atoms with Crippen molar-refractivity contribution in [3.8, 4) is 5.75 Å². The predicted molar refractivity (Wildman–Crippen MR) is 76.6 cm³/mol. The smallest absolute Gasteiger partial charge is 0.125 e. The van der Waals surface area contributed by atoms with E-state index in [1.165, 1.54) is 0 Å². The van der Waals surface area contributed by atoms with Gasteiger partial charge in [0.15, 0.2) is 0 Å². The second kappa shape index (κ2) is 6.67. The van der Waals surface area contributed by atoms with Crippen LogP contribution >= 0.6 is 23.2 Å². The van der Waals surface area contributed by atoms with E-state index in [0.717, 1.165) is 22.8 Å². The lowest BCUT2D eigenvalue weighted by atomic mass is 10.1. The molecule has 0 aliphatic carbocycles. The van der Waals surface area contributed by atoms with E-state index in [-0.39, 0.29) is 6.10 Å². The molecule has 2 aromatic carbocycles. The lowest BCUT2D eigenvalue weighted by molar-refractivity contribution is 0.202. The Balaban J connectivity index is 2.15. The molecule has 94 valence electrons. The van der Waals surface area contributed by atoms with Gasteiger partial charge >= 0.3 is 0 Å². The molecule has 0 amide bonds. The summed E-state index contributed by atoms with van der Waals surface area (Å²) in [6, 6.07) is 17.4. The Hall–Kier alpha value is -1.18. The molecule has 0 aromatic heterocycles. The standard InChI is InChI=1S/C15H14Cl2O/c16-11-10-15(12-6-8-13(17)9-7-12)18-14-4-2-1-3-5-14/h1-9,15H,10-11H2. The number of alkyl halides is 1. The quantitative estimate of drug-likeness (QED) is 0.694. The van der Waals surface area contributed by atoms with E-state index < -0.39 is 0 Å². The third kappa shape index (κ3) is 3.66. The van der Waals surface area contributed by atoms with E-state index in [4.69, 9.17) is 27.9 Å². The zero-order valence-corrected chi connectivity index (χ0v) is 11.4. The van der Waals surface area contributed by atoms with Crippen LogP contribution in [0, 0.1) is 0 Å². The maximum atomic E-state index is 5.95. The fourth-order valence-electron chi connectivity index (χ4n) is 1.73. The van der Waals surface area contributed by atoms with E-state index in [9.17, 15) is 0 Å². The summed E-state index contributed by atoms with van der Waals surface area (Å²) in [5.41, 5.74) is 1.09. The molecule has 0 bridgehead atoms. The largest absolute Gasteiger partial charge is 0.486 e. The molecule has 1 nitrogen and oxygen atoms in total. The van der Waals surface area contributed by atoms with Crippen molar-refractivity contribution in [2.75, 3.05) is 5.88 Å². The summed E-state index contributed by atoms with van der Waals surface area (Å²) in [6.45, 7) is 0. The Morgan fingerprint density at radius 3 is 2.22 bits per heavy atom. The van der Waals surface area contributed by atoms with Gasteiger partial charge < -0.3 is 4.74 Å². The van der Waals surface area contributed by atoms with Crippen LogP contribution in [0.4, 0.5) is 0 Å². The number of ether oxygens (including phenoxy) is 1. The van der Waals surface area contributed by atoms with Crippen molar-refractivity contribution in [2.45, 2.75) is 12.5 Å². The lowest BCUT2D eigenvalue weighted by Crippen LogP contribution is -2.08. The number of halogens is 2. The molecule has 1 atom stereocenters. The van der Waals surface area contributed by atoms with Crippen LogP contribution in [-0.2, 0) is 0 Å². The topological polar surface area (TPSA) is 9.23 Å². The highest BCUT2D eigenvalue weighted by atomic mass is 35.5. The predicted octanol–water partition coefficient (Wildman–Crippen LogP) is 5.09. The van der Waals surface area contributed by atoms with Crippen molar-refractivity contribution >= 4 is 23.2 Å². The summed E-state index contributed by atoms with van der Waals surface area (Å²) in [6.07, 6.45) is 0.722. The van der Waals surface area contributed by atoms with Gasteiger partial charge in [-0.25, -0.2) is 0 Å². The summed E-state index contributed by atoms with van der Waals surface area (Å²) in [7, 11) is 0. The van der Waals surface area contributed by atoms with Gasteiger partial charge in [0, 0.05) is 17.3 Å².